The van der Waals surface area contributed by atoms with Crippen LogP contribution in [0.3, 0.4) is 0 Å². The van der Waals surface area contributed by atoms with Crippen LogP contribution in [0.2, 0.25) is 0 Å². The van der Waals surface area contributed by atoms with E-state index in [4.69, 9.17) is 0 Å². The lowest BCUT2D eigenvalue weighted by atomic mass is 10.1. The predicted octanol–water partition coefficient (Wildman–Crippen LogP) is 3.29. The van der Waals surface area contributed by atoms with Crippen LogP contribution in [0.25, 0.3) is 11.4 Å². The first kappa shape index (κ1) is 17.5. The molecule has 0 spiro atoms. The lowest BCUT2D eigenvalue weighted by Gasteiger charge is -2.05. The summed E-state index contributed by atoms with van der Waals surface area (Å²) in [6.45, 7) is 7.14. The van der Waals surface area contributed by atoms with Crippen molar-refractivity contribution < 1.29 is 4.79 Å². The lowest BCUT2D eigenvalue weighted by molar-refractivity contribution is -0.118. The van der Waals surface area contributed by atoms with Crippen LogP contribution >= 0.6 is 11.8 Å². The number of aryl methyl sites for hydroxylation is 1. The van der Waals surface area contributed by atoms with Gasteiger partial charge in [-0.2, -0.15) is 0 Å². The maximum Gasteiger partial charge on any atom is 0.230 e. The smallest absolute Gasteiger partial charge is 0.230 e. The van der Waals surface area contributed by atoms with Gasteiger partial charge in [-0.05, 0) is 24.3 Å². The van der Waals surface area contributed by atoms with Gasteiger partial charge < -0.3 is 5.32 Å². The number of carbonyl (C=O) groups excluding carboxylic acids is 1. The number of H-pyrrole nitrogens is 1. The zero-order valence-electron chi connectivity index (χ0n) is 13.9. The average molecular weight is 332 g/mol. The molecule has 2 rings (SSSR count). The predicted molar refractivity (Wildman–Crippen MR) is 94.4 cm³/mol. The number of nitrogens with one attached hydrogen (secondary N) is 2. The van der Waals surface area contributed by atoms with Gasteiger partial charge in [0.25, 0.3) is 0 Å². The Hall–Kier alpha value is -1.82. The van der Waals surface area contributed by atoms with Crippen LogP contribution in [0, 0.1) is 5.92 Å². The third-order valence-electron chi connectivity index (χ3n) is 3.48. The first-order chi connectivity index (χ1) is 11.1. The Morgan fingerprint density at radius 2 is 2.04 bits per heavy atom. The van der Waals surface area contributed by atoms with Crippen LogP contribution in [0.1, 0.15) is 32.8 Å². The van der Waals surface area contributed by atoms with Gasteiger partial charge in [0.05, 0.1) is 5.75 Å². The molecule has 0 aliphatic heterocycles. The topological polar surface area (TPSA) is 70.7 Å². The van der Waals surface area contributed by atoms with Gasteiger partial charge in [0, 0.05) is 12.1 Å². The minimum absolute atomic E-state index is 0.0225. The van der Waals surface area contributed by atoms with Gasteiger partial charge in [0.2, 0.25) is 11.1 Å². The quantitative estimate of drug-likeness (QED) is 0.728. The highest BCUT2D eigenvalue weighted by Crippen LogP contribution is 2.19. The molecule has 1 heterocycles. The van der Waals surface area contributed by atoms with E-state index in [-0.39, 0.29) is 5.91 Å². The van der Waals surface area contributed by atoms with Crippen molar-refractivity contribution >= 4 is 17.7 Å². The fourth-order valence-electron chi connectivity index (χ4n) is 2.02. The van der Waals surface area contributed by atoms with Crippen LogP contribution in [-0.2, 0) is 11.2 Å². The second-order valence-electron chi connectivity index (χ2n) is 5.84. The molecule has 2 aromatic rings. The van der Waals surface area contributed by atoms with E-state index in [1.54, 1.807) is 0 Å². The summed E-state index contributed by atoms with van der Waals surface area (Å²) < 4.78 is 0. The summed E-state index contributed by atoms with van der Waals surface area (Å²) in [4.78, 5) is 16.2. The molecular weight excluding hydrogens is 308 g/mol. The fraction of sp³-hybridized carbons (Fsp3) is 0.471. The second kappa shape index (κ2) is 8.72. The number of nitrogens with zero attached hydrogens (tertiary/aromatic N) is 2. The summed E-state index contributed by atoms with van der Waals surface area (Å²) in [7, 11) is 0. The number of benzene rings is 1. The van der Waals surface area contributed by atoms with Crippen molar-refractivity contribution in [2.45, 2.75) is 38.8 Å². The van der Waals surface area contributed by atoms with Crippen molar-refractivity contribution in [3.63, 3.8) is 0 Å². The van der Waals surface area contributed by atoms with E-state index in [2.05, 4.69) is 53.4 Å². The highest BCUT2D eigenvalue weighted by molar-refractivity contribution is 7.99. The maximum atomic E-state index is 11.7. The summed E-state index contributed by atoms with van der Waals surface area (Å²) in [6, 6.07) is 8.25. The summed E-state index contributed by atoms with van der Waals surface area (Å²) in [5.74, 6) is 1.69. The molecule has 0 aliphatic carbocycles. The van der Waals surface area contributed by atoms with Crippen LogP contribution in [0.4, 0.5) is 0 Å². The Labute approximate surface area is 141 Å². The van der Waals surface area contributed by atoms with Crippen molar-refractivity contribution in [2.24, 2.45) is 5.92 Å². The Bertz CT molecular complexity index is 622. The highest BCUT2D eigenvalue weighted by atomic mass is 32.2. The van der Waals surface area contributed by atoms with Crippen LogP contribution in [0.5, 0.6) is 0 Å². The number of amides is 1. The van der Waals surface area contributed by atoms with Gasteiger partial charge >= 0.3 is 0 Å². The normalized spacial score (nSPS) is 11.0. The molecule has 0 aliphatic rings. The Balaban J connectivity index is 1.83. The van der Waals surface area contributed by atoms with Crippen LogP contribution < -0.4 is 5.32 Å². The zero-order chi connectivity index (χ0) is 16.7. The fourth-order valence-corrected chi connectivity index (χ4v) is 2.65. The van der Waals surface area contributed by atoms with Crippen molar-refractivity contribution in [3.8, 4) is 11.4 Å². The molecule has 0 atom stereocenters. The van der Waals surface area contributed by atoms with Crippen molar-refractivity contribution in [3.05, 3.63) is 29.8 Å². The molecule has 124 valence electrons. The highest BCUT2D eigenvalue weighted by Gasteiger charge is 2.09. The number of thioether (sulfide) groups is 1. The van der Waals surface area contributed by atoms with E-state index in [0.717, 1.165) is 30.8 Å². The molecule has 0 bridgehead atoms. The monoisotopic (exact) mass is 332 g/mol. The van der Waals surface area contributed by atoms with Gasteiger partial charge in [-0.15, -0.1) is 5.10 Å². The SMILES string of the molecule is CCc1ccc(-c2nc(SCC(=O)NCCC(C)C)n[nH]2)cc1. The van der Waals surface area contributed by atoms with E-state index in [1.807, 2.05) is 12.1 Å². The molecule has 5 nitrogen and oxygen atoms in total. The van der Waals surface area contributed by atoms with E-state index < -0.39 is 0 Å². The average Bonchev–Trinajstić information content (AvgIpc) is 3.01. The van der Waals surface area contributed by atoms with Crippen LogP contribution in [0.15, 0.2) is 29.4 Å². The molecule has 23 heavy (non-hydrogen) atoms. The van der Waals surface area contributed by atoms with Gasteiger partial charge in [-0.25, -0.2) is 4.98 Å². The molecule has 0 saturated heterocycles. The van der Waals surface area contributed by atoms with Crippen molar-refractivity contribution in [1.29, 1.82) is 0 Å². The van der Waals surface area contributed by atoms with Crippen molar-refractivity contribution in [1.82, 2.24) is 20.5 Å². The van der Waals surface area contributed by atoms with E-state index in [1.165, 1.54) is 17.3 Å². The Kier molecular flexibility index (Phi) is 6.65. The first-order valence-electron chi connectivity index (χ1n) is 7.99. The maximum absolute atomic E-state index is 11.7. The van der Waals surface area contributed by atoms with E-state index >= 15 is 0 Å². The molecule has 0 saturated carbocycles. The number of aromatic amines is 1. The van der Waals surface area contributed by atoms with Gasteiger partial charge in [-0.3, -0.25) is 9.89 Å². The molecule has 2 N–H and O–H groups in total. The summed E-state index contributed by atoms with van der Waals surface area (Å²) in [5.41, 5.74) is 2.30. The minimum atomic E-state index is 0.0225. The third-order valence-corrected chi connectivity index (χ3v) is 4.32. The van der Waals surface area contributed by atoms with Gasteiger partial charge in [0.1, 0.15) is 0 Å². The molecule has 1 aromatic heterocycles. The molecule has 1 aromatic carbocycles. The standard InChI is InChI=1S/C17H24N4OS/c1-4-13-5-7-14(8-6-13)16-19-17(21-20-16)23-11-15(22)18-10-9-12(2)3/h5-8,12H,4,9-11H2,1-3H3,(H,18,22)(H,19,20,21). The number of carbonyl (C=O) groups is 1. The number of hydrogen-bond acceptors (Lipinski definition) is 4. The van der Waals surface area contributed by atoms with Crippen molar-refractivity contribution in [2.75, 3.05) is 12.3 Å². The second-order valence-corrected chi connectivity index (χ2v) is 6.78. The number of aromatic nitrogens is 3. The Morgan fingerprint density at radius 3 is 2.70 bits per heavy atom. The number of hydrogen-bond donors (Lipinski definition) is 2. The molecular formula is C17H24N4OS. The first-order valence-corrected chi connectivity index (χ1v) is 8.98. The molecule has 6 heteroatoms. The van der Waals surface area contributed by atoms with Gasteiger partial charge in [0.15, 0.2) is 5.82 Å². The summed E-state index contributed by atoms with van der Waals surface area (Å²) in [6.07, 6.45) is 2.01. The van der Waals surface area contributed by atoms with E-state index in [0.29, 0.717) is 16.8 Å². The van der Waals surface area contributed by atoms with E-state index in [9.17, 15) is 4.79 Å². The lowest BCUT2D eigenvalue weighted by Crippen LogP contribution is -2.26. The molecule has 1 amide bonds. The number of rotatable bonds is 8. The summed E-state index contributed by atoms with van der Waals surface area (Å²) in [5, 5.41) is 10.6. The molecule has 0 fully saturated rings. The largest absolute Gasteiger partial charge is 0.355 e. The van der Waals surface area contributed by atoms with Crippen LogP contribution in [-0.4, -0.2) is 33.4 Å². The molecule has 0 radical (unpaired) electrons. The third kappa shape index (κ3) is 5.71. The summed E-state index contributed by atoms with van der Waals surface area (Å²) >= 11 is 1.35. The van der Waals surface area contributed by atoms with Gasteiger partial charge in [-0.1, -0.05) is 56.8 Å². The molecule has 0 unspecified atom stereocenters. The Morgan fingerprint density at radius 1 is 1.30 bits per heavy atom. The minimum Gasteiger partial charge on any atom is -0.355 e. The zero-order valence-corrected chi connectivity index (χ0v) is 14.7.